The van der Waals surface area contributed by atoms with E-state index in [2.05, 4.69) is 34.4 Å². The molecule has 76 valence electrons. The van der Waals surface area contributed by atoms with Gasteiger partial charge in [0, 0.05) is 18.8 Å². The number of hydrogen-bond donors (Lipinski definition) is 0. The third-order valence-electron chi connectivity index (χ3n) is 2.42. The van der Waals surface area contributed by atoms with Crippen molar-refractivity contribution in [2.24, 2.45) is 0 Å². The van der Waals surface area contributed by atoms with Gasteiger partial charge in [0.25, 0.3) is 0 Å². The lowest BCUT2D eigenvalue weighted by molar-refractivity contribution is -0.508. The largest absolute Gasteiger partial charge is 0.228 e. The molecule has 0 unspecified atom stereocenters. The molecule has 2 heteroatoms. The van der Waals surface area contributed by atoms with E-state index in [0.717, 1.165) is 24.4 Å². The highest BCUT2D eigenvalue weighted by atomic mass is 32.1. The fraction of sp³-hybridized carbons (Fsp3) is 0.308. The third kappa shape index (κ3) is 2.57. The zero-order valence-electron chi connectivity index (χ0n) is 8.70. The highest BCUT2D eigenvalue weighted by Gasteiger charge is 2.18. The summed E-state index contributed by atoms with van der Waals surface area (Å²) < 4.78 is 2.31. The minimum Gasteiger partial charge on any atom is -0.223 e. The lowest BCUT2D eigenvalue weighted by Gasteiger charge is -1.91. The van der Waals surface area contributed by atoms with E-state index in [1.807, 2.05) is 12.1 Å². The summed E-state index contributed by atoms with van der Waals surface area (Å²) in [6, 6.07) is 4.10. The maximum Gasteiger partial charge on any atom is 0.228 e. The van der Waals surface area contributed by atoms with Crippen molar-refractivity contribution in [3.8, 4) is 11.8 Å². The molecule has 15 heavy (non-hydrogen) atoms. The van der Waals surface area contributed by atoms with E-state index in [4.69, 9.17) is 0 Å². The average molecular weight is 216 g/mol. The minimum absolute atomic E-state index is 0.925. The van der Waals surface area contributed by atoms with Crippen LogP contribution in [0, 0.1) is 11.8 Å². The standard InChI is InChI=1S/C13H14NS/c1-2-9-14-10-3-5-12(14)7-8-13-6-4-11-15-13/h2,4,6,11H,1,3,5,9-10H2/q+1. The Morgan fingerprint density at radius 3 is 3.20 bits per heavy atom. The molecule has 0 spiro atoms. The predicted octanol–water partition coefficient (Wildman–Crippen LogP) is 2.53. The molecule has 0 amide bonds. The van der Waals surface area contributed by atoms with Gasteiger partial charge in [-0.05, 0) is 23.4 Å². The number of rotatable bonds is 2. The Morgan fingerprint density at radius 2 is 2.47 bits per heavy atom. The van der Waals surface area contributed by atoms with E-state index in [1.54, 1.807) is 11.3 Å². The van der Waals surface area contributed by atoms with Gasteiger partial charge in [-0.3, -0.25) is 0 Å². The van der Waals surface area contributed by atoms with Crippen LogP contribution in [0.5, 0.6) is 0 Å². The van der Waals surface area contributed by atoms with Crippen molar-refractivity contribution in [3.05, 3.63) is 35.0 Å². The SMILES string of the molecule is C=CC[N+]1=C(C#Cc2cccs2)CCC1. The quantitative estimate of drug-likeness (QED) is 0.406. The molecule has 1 nitrogen and oxygen atoms in total. The van der Waals surface area contributed by atoms with Crippen molar-refractivity contribution in [2.75, 3.05) is 13.1 Å². The van der Waals surface area contributed by atoms with Crippen LogP contribution in [-0.2, 0) is 0 Å². The van der Waals surface area contributed by atoms with Crippen LogP contribution < -0.4 is 0 Å². The number of hydrogen-bond acceptors (Lipinski definition) is 1. The summed E-state index contributed by atoms with van der Waals surface area (Å²) in [5.74, 6) is 6.48. The van der Waals surface area contributed by atoms with Gasteiger partial charge in [0.15, 0.2) is 6.54 Å². The second-order valence-corrected chi connectivity index (χ2v) is 4.46. The van der Waals surface area contributed by atoms with Crippen LogP contribution in [0.3, 0.4) is 0 Å². The first-order valence-corrected chi connectivity index (χ1v) is 6.05. The lowest BCUT2D eigenvalue weighted by atomic mass is 10.2. The second-order valence-electron chi connectivity index (χ2n) is 3.51. The number of nitrogens with zero attached hydrogens (tertiary/aromatic N) is 1. The molecule has 1 aliphatic heterocycles. The van der Waals surface area contributed by atoms with Gasteiger partial charge in [0.2, 0.25) is 5.71 Å². The monoisotopic (exact) mass is 216 g/mol. The molecule has 1 aromatic rings. The van der Waals surface area contributed by atoms with Crippen molar-refractivity contribution in [2.45, 2.75) is 12.8 Å². The van der Waals surface area contributed by atoms with Gasteiger partial charge < -0.3 is 0 Å². The van der Waals surface area contributed by atoms with Gasteiger partial charge in [-0.2, -0.15) is 0 Å². The summed E-state index contributed by atoms with van der Waals surface area (Å²) in [7, 11) is 0. The molecular formula is C13H14NS+. The highest BCUT2D eigenvalue weighted by Crippen LogP contribution is 2.07. The first kappa shape index (κ1) is 10.2. The Bertz CT molecular complexity index is 429. The van der Waals surface area contributed by atoms with Crippen LogP contribution in [0.2, 0.25) is 0 Å². The van der Waals surface area contributed by atoms with Gasteiger partial charge in [0.05, 0.1) is 4.88 Å². The second kappa shape index (κ2) is 4.95. The molecular weight excluding hydrogens is 202 g/mol. The van der Waals surface area contributed by atoms with E-state index in [0.29, 0.717) is 0 Å². The molecule has 0 fully saturated rings. The molecule has 2 rings (SSSR count). The fourth-order valence-corrected chi connectivity index (χ4v) is 2.28. The Labute approximate surface area is 94.8 Å². The Balaban J connectivity index is 2.16. The molecule has 0 saturated carbocycles. The van der Waals surface area contributed by atoms with E-state index < -0.39 is 0 Å². The molecule has 0 atom stereocenters. The summed E-state index contributed by atoms with van der Waals surface area (Å²) in [6.07, 6.45) is 4.28. The van der Waals surface area contributed by atoms with Crippen molar-refractivity contribution in [1.82, 2.24) is 0 Å². The van der Waals surface area contributed by atoms with Crippen LogP contribution >= 0.6 is 11.3 Å². The van der Waals surface area contributed by atoms with Crippen LogP contribution in [-0.4, -0.2) is 23.4 Å². The van der Waals surface area contributed by atoms with Crippen LogP contribution in [0.15, 0.2) is 30.2 Å². The van der Waals surface area contributed by atoms with Gasteiger partial charge in [0.1, 0.15) is 6.54 Å². The molecule has 1 aromatic heterocycles. The fourth-order valence-electron chi connectivity index (χ4n) is 1.71. The third-order valence-corrected chi connectivity index (χ3v) is 3.21. The normalized spacial score (nSPS) is 14.9. The summed E-state index contributed by atoms with van der Waals surface area (Å²) in [5.41, 5.74) is 1.27. The van der Waals surface area contributed by atoms with Gasteiger partial charge in [-0.15, -0.1) is 11.3 Å². The molecule has 0 radical (unpaired) electrons. The predicted molar refractivity (Wildman–Crippen MR) is 65.6 cm³/mol. The van der Waals surface area contributed by atoms with Crippen LogP contribution in [0.25, 0.3) is 0 Å². The van der Waals surface area contributed by atoms with Gasteiger partial charge in [-0.25, -0.2) is 4.58 Å². The Morgan fingerprint density at radius 1 is 1.53 bits per heavy atom. The molecule has 0 saturated heterocycles. The van der Waals surface area contributed by atoms with E-state index in [9.17, 15) is 0 Å². The molecule has 0 aromatic carbocycles. The summed E-state index contributed by atoms with van der Waals surface area (Å²) in [4.78, 5) is 1.15. The highest BCUT2D eigenvalue weighted by molar-refractivity contribution is 7.10. The smallest absolute Gasteiger partial charge is 0.223 e. The Kier molecular flexibility index (Phi) is 3.37. The van der Waals surface area contributed by atoms with Crippen molar-refractivity contribution in [1.29, 1.82) is 0 Å². The van der Waals surface area contributed by atoms with Crippen molar-refractivity contribution in [3.63, 3.8) is 0 Å². The maximum absolute atomic E-state index is 3.77. The van der Waals surface area contributed by atoms with Crippen molar-refractivity contribution >= 4 is 17.0 Å². The maximum atomic E-state index is 3.77. The first-order valence-electron chi connectivity index (χ1n) is 5.17. The lowest BCUT2D eigenvalue weighted by Crippen LogP contribution is -2.13. The molecule has 1 aliphatic rings. The van der Waals surface area contributed by atoms with Crippen LogP contribution in [0.4, 0.5) is 0 Å². The number of thiophene rings is 1. The van der Waals surface area contributed by atoms with E-state index >= 15 is 0 Å². The van der Waals surface area contributed by atoms with E-state index in [-0.39, 0.29) is 0 Å². The molecule has 2 heterocycles. The van der Waals surface area contributed by atoms with Gasteiger partial charge in [-0.1, -0.05) is 12.6 Å². The summed E-state index contributed by atoms with van der Waals surface area (Å²) in [5, 5.41) is 2.06. The molecule has 0 aliphatic carbocycles. The van der Waals surface area contributed by atoms with Crippen LogP contribution in [0.1, 0.15) is 17.7 Å². The zero-order valence-corrected chi connectivity index (χ0v) is 9.52. The first-order chi connectivity index (χ1) is 7.40. The van der Waals surface area contributed by atoms with E-state index in [1.165, 1.54) is 12.1 Å². The topological polar surface area (TPSA) is 3.01 Å². The molecule has 0 bridgehead atoms. The van der Waals surface area contributed by atoms with Crippen molar-refractivity contribution < 1.29 is 4.58 Å². The van der Waals surface area contributed by atoms with Gasteiger partial charge >= 0.3 is 0 Å². The Hall–Kier alpha value is -1.33. The summed E-state index contributed by atoms with van der Waals surface area (Å²) in [6.45, 7) is 5.82. The summed E-state index contributed by atoms with van der Waals surface area (Å²) >= 11 is 1.70. The minimum atomic E-state index is 0.925. The molecule has 0 N–H and O–H groups in total. The average Bonchev–Trinajstić information content (AvgIpc) is 2.85. The zero-order chi connectivity index (χ0) is 10.5.